The second-order valence-electron chi connectivity index (χ2n) is 4.98. The van der Waals surface area contributed by atoms with Crippen molar-refractivity contribution in [2.24, 2.45) is 0 Å². The number of nitrogens with zero attached hydrogens (tertiary/aromatic N) is 4. The maximum absolute atomic E-state index is 12.4. The summed E-state index contributed by atoms with van der Waals surface area (Å²) < 4.78 is 6.70. The SMILES string of the molecule is CCc1cc2c(=O)n(CC(=O)Nc3ncccn3)nc(C)c2o1. The van der Waals surface area contributed by atoms with Crippen molar-refractivity contribution in [3.63, 3.8) is 0 Å². The van der Waals surface area contributed by atoms with Crippen LogP contribution in [0.15, 0.2) is 33.7 Å². The Morgan fingerprint density at radius 3 is 2.78 bits per heavy atom. The summed E-state index contributed by atoms with van der Waals surface area (Å²) >= 11 is 0. The van der Waals surface area contributed by atoms with Crippen molar-refractivity contribution in [3.05, 3.63) is 46.3 Å². The highest BCUT2D eigenvalue weighted by Crippen LogP contribution is 2.18. The Labute approximate surface area is 131 Å². The molecule has 3 rings (SSSR count). The molecule has 1 N–H and O–H groups in total. The number of aryl methyl sites for hydroxylation is 2. The summed E-state index contributed by atoms with van der Waals surface area (Å²) in [4.78, 5) is 32.3. The lowest BCUT2D eigenvalue weighted by Gasteiger charge is -2.06. The Kier molecular flexibility index (Phi) is 3.88. The first-order chi connectivity index (χ1) is 11.1. The molecular formula is C15H15N5O3. The van der Waals surface area contributed by atoms with E-state index in [2.05, 4.69) is 20.4 Å². The molecule has 23 heavy (non-hydrogen) atoms. The standard InChI is InChI=1S/C15H15N5O3/c1-3-10-7-11-13(23-10)9(2)19-20(14(11)22)8-12(21)18-15-16-5-4-6-17-15/h4-7H,3,8H2,1-2H3,(H,16,17,18,21). The molecular weight excluding hydrogens is 298 g/mol. The van der Waals surface area contributed by atoms with Gasteiger partial charge in [-0.2, -0.15) is 5.10 Å². The first kappa shape index (κ1) is 14.9. The van der Waals surface area contributed by atoms with Crippen LogP contribution in [0.1, 0.15) is 18.4 Å². The van der Waals surface area contributed by atoms with E-state index in [1.54, 1.807) is 19.1 Å². The third-order valence-electron chi connectivity index (χ3n) is 3.31. The van der Waals surface area contributed by atoms with E-state index >= 15 is 0 Å². The molecule has 3 heterocycles. The van der Waals surface area contributed by atoms with Gasteiger partial charge in [0.15, 0.2) is 5.58 Å². The molecule has 8 nitrogen and oxygen atoms in total. The fourth-order valence-electron chi connectivity index (χ4n) is 2.23. The third-order valence-corrected chi connectivity index (χ3v) is 3.31. The minimum Gasteiger partial charge on any atom is -0.459 e. The van der Waals surface area contributed by atoms with Crippen LogP contribution in [0, 0.1) is 6.92 Å². The van der Waals surface area contributed by atoms with E-state index in [1.165, 1.54) is 12.4 Å². The van der Waals surface area contributed by atoms with Gasteiger partial charge in [-0.15, -0.1) is 0 Å². The Balaban J connectivity index is 1.89. The predicted octanol–water partition coefficient (Wildman–Crippen LogP) is 1.29. The van der Waals surface area contributed by atoms with Gasteiger partial charge in [0, 0.05) is 18.8 Å². The van der Waals surface area contributed by atoms with Crippen LogP contribution < -0.4 is 10.9 Å². The molecule has 0 aromatic carbocycles. The van der Waals surface area contributed by atoms with Crippen molar-refractivity contribution in [1.82, 2.24) is 19.7 Å². The van der Waals surface area contributed by atoms with E-state index in [0.29, 0.717) is 28.8 Å². The number of amides is 1. The van der Waals surface area contributed by atoms with E-state index in [9.17, 15) is 9.59 Å². The Morgan fingerprint density at radius 2 is 2.09 bits per heavy atom. The van der Waals surface area contributed by atoms with E-state index in [1.807, 2.05) is 6.92 Å². The van der Waals surface area contributed by atoms with Crippen LogP contribution in [-0.2, 0) is 17.8 Å². The maximum Gasteiger partial charge on any atom is 0.278 e. The van der Waals surface area contributed by atoms with Crippen LogP contribution in [0.4, 0.5) is 5.95 Å². The number of anilines is 1. The van der Waals surface area contributed by atoms with Crippen molar-refractivity contribution in [2.75, 3.05) is 5.32 Å². The molecule has 0 unspecified atom stereocenters. The first-order valence-corrected chi connectivity index (χ1v) is 7.15. The lowest BCUT2D eigenvalue weighted by molar-refractivity contribution is -0.117. The molecule has 0 aliphatic carbocycles. The van der Waals surface area contributed by atoms with E-state index in [0.717, 1.165) is 4.68 Å². The Morgan fingerprint density at radius 1 is 1.35 bits per heavy atom. The highest BCUT2D eigenvalue weighted by atomic mass is 16.3. The van der Waals surface area contributed by atoms with Crippen molar-refractivity contribution in [1.29, 1.82) is 0 Å². The molecule has 0 bridgehead atoms. The summed E-state index contributed by atoms with van der Waals surface area (Å²) in [6, 6.07) is 3.34. The average molecular weight is 313 g/mol. The van der Waals surface area contributed by atoms with Crippen LogP contribution in [0.2, 0.25) is 0 Å². The number of hydrogen-bond acceptors (Lipinski definition) is 6. The van der Waals surface area contributed by atoms with Gasteiger partial charge in [0.05, 0.1) is 5.39 Å². The normalized spacial score (nSPS) is 10.9. The zero-order chi connectivity index (χ0) is 16.4. The second-order valence-corrected chi connectivity index (χ2v) is 4.98. The van der Waals surface area contributed by atoms with Crippen LogP contribution in [0.5, 0.6) is 0 Å². The minimum absolute atomic E-state index is 0.180. The number of furan rings is 1. The van der Waals surface area contributed by atoms with Crippen molar-refractivity contribution < 1.29 is 9.21 Å². The summed E-state index contributed by atoms with van der Waals surface area (Å²) in [5.74, 6) is 0.463. The van der Waals surface area contributed by atoms with Gasteiger partial charge < -0.3 is 4.42 Å². The molecule has 0 radical (unpaired) electrons. The first-order valence-electron chi connectivity index (χ1n) is 7.15. The Bertz CT molecular complexity index is 914. The highest BCUT2D eigenvalue weighted by molar-refractivity contribution is 5.89. The summed E-state index contributed by atoms with van der Waals surface area (Å²) in [7, 11) is 0. The molecule has 8 heteroatoms. The second kappa shape index (κ2) is 5.99. The van der Waals surface area contributed by atoms with Crippen LogP contribution in [0.3, 0.4) is 0 Å². The number of fused-ring (bicyclic) bond motifs is 1. The van der Waals surface area contributed by atoms with Crippen LogP contribution >= 0.6 is 0 Å². The molecule has 0 atom stereocenters. The van der Waals surface area contributed by atoms with Gasteiger partial charge in [-0.3, -0.25) is 14.9 Å². The van der Waals surface area contributed by atoms with Gasteiger partial charge in [0.1, 0.15) is 18.0 Å². The summed E-state index contributed by atoms with van der Waals surface area (Å²) in [6.45, 7) is 3.45. The molecule has 0 aliphatic heterocycles. The summed E-state index contributed by atoms with van der Waals surface area (Å²) in [6.07, 6.45) is 3.71. The zero-order valence-electron chi connectivity index (χ0n) is 12.7. The quantitative estimate of drug-likeness (QED) is 0.778. The van der Waals surface area contributed by atoms with E-state index in [4.69, 9.17) is 4.42 Å². The Hall–Kier alpha value is -3.03. The lowest BCUT2D eigenvalue weighted by Crippen LogP contribution is -2.30. The van der Waals surface area contributed by atoms with Crippen LogP contribution in [-0.4, -0.2) is 25.7 Å². The topological polar surface area (TPSA) is 103 Å². The maximum atomic E-state index is 12.4. The number of hydrogen-bond donors (Lipinski definition) is 1. The third kappa shape index (κ3) is 2.96. The van der Waals surface area contributed by atoms with Gasteiger partial charge in [0.2, 0.25) is 11.9 Å². The number of aromatic nitrogens is 4. The fourth-order valence-corrected chi connectivity index (χ4v) is 2.23. The molecule has 0 aliphatic rings. The average Bonchev–Trinajstić information content (AvgIpc) is 2.98. The number of nitrogens with one attached hydrogen (secondary N) is 1. The molecule has 0 fully saturated rings. The monoisotopic (exact) mass is 313 g/mol. The van der Waals surface area contributed by atoms with Crippen LogP contribution in [0.25, 0.3) is 11.0 Å². The lowest BCUT2D eigenvalue weighted by atomic mass is 10.3. The predicted molar refractivity (Wildman–Crippen MR) is 83.0 cm³/mol. The fraction of sp³-hybridized carbons (Fsp3) is 0.267. The van der Waals surface area contributed by atoms with Gasteiger partial charge in [-0.05, 0) is 19.1 Å². The van der Waals surface area contributed by atoms with E-state index < -0.39 is 5.91 Å². The molecule has 118 valence electrons. The summed E-state index contributed by atoms with van der Waals surface area (Å²) in [5.41, 5.74) is 0.663. The number of carbonyl (C=O) groups is 1. The largest absolute Gasteiger partial charge is 0.459 e. The van der Waals surface area contributed by atoms with Gasteiger partial charge >= 0.3 is 0 Å². The van der Waals surface area contributed by atoms with Gasteiger partial charge in [-0.1, -0.05) is 6.92 Å². The number of rotatable bonds is 4. The molecule has 0 spiro atoms. The van der Waals surface area contributed by atoms with Gasteiger partial charge in [-0.25, -0.2) is 14.6 Å². The zero-order valence-corrected chi connectivity index (χ0v) is 12.7. The molecule has 1 amide bonds. The smallest absolute Gasteiger partial charge is 0.278 e. The van der Waals surface area contributed by atoms with Gasteiger partial charge in [0.25, 0.3) is 5.56 Å². The highest BCUT2D eigenvalue weighted by Gasteiger charge is 2.15. The van der Waals surface area contributed by atoms with Crippen molar-refractivity contribution in [3.8, 4) is 0 Å². The number of carbonyl (C=O) groups excluding carboxylic acids is 1. The molecule has 3 aromatic heterocycles. The van der Waals surface area contributed by atoms with E-state index in [-0.39, 0.29) is 18.1 Å². The van der Waals surface area contributed by atoms with Crippen molar-refractivity contribution >= 4 is 22.8 Å². The molecule has 0 saturated carbocycles. The minimum atomic E-state index is -0.427. The van der Waals surface area contributed by atoms with Crippen molar-refractivity contribution in [2.45, 2.75) is 26.8 Å². The summed E-state index contributed by atoms with van der Waals surface area (Å²) in [5, 5.41) is 7.08. The molecule has 3 aromatic rings. The molecule has 0 saturated heterocycles.